The summed E-state index contributed by atoms with van der Waals surface area (Å²) in [4.78, 5) is 11.2. The fraction of sp³-hybridized carbons (Fsp3) is 0.429. The van der Waals surface area contributed by atoms with Gasteiger partial charge >= 0.3 is 0 Å². The van der Waals surface area contributed by atoms with Crippen molar-refractivity contribution in [1.29, 1.82) is 0 Å². The van der Waals surface area contributed by atoms with E-state index in [2.05, 4.69) is 26.7 Å². The van der Waals surface area contributed by atoms with Crippen molar-refractivity contribution >= 4 is 11.6 Å². The van der Waals surface area contributed by atoms with Gasteiger partial charge < -0.3 is 26.2 Å². The van der Waals surface area contributed by atoms with Crippen LogP contribution in [0.5, 0.6) is 0 Å². The summed E-state index contributed by atoms with van der Waals surface area (Å²) in [6.45, 7) is 2.16. The Bertz CT molecular complexity index is 957. The Balaban J connectivity index is 1.74. The van der Waals surface area contributed by atoms with Crippen LogP contribution in [-0.4, -0.2) is 53.0 Å². The smallest absolute Gasteiger partial charge is 0.225 e. The molecule has 2 aromatic rings. The normalized spacial score (nSPS) is 22.4. The average Bonchev–Trinajstić information content (AvgIpc) is 3.16. The third-order valence-electron chi connectivity index (χ3n) is 5.30. The second-order valence-corrected chi connectivity index (χ2v) is 7.58. The third kappa shape index (κ3) is 4.32. The van der Waals surface area contributed by atoms with Crippen LogP contribution < -0.4 is 16.4 Å². The topological polar surface area (TPSA) is 111 Å². The van der Waals surface area contributed by atoms with Gasteiger partial charge in [0.05, 0.1) is 30.2 Å². The molecule has 0 saturated carbocycles. The number of halogens is 1. The zero-order valence-electron chi connectivity index (χ0n) is 16.1. The maximum atomic E-state index is 14.1. The molecule has 8 heteroatoms. The lowest BCUT2D eigenvalue weighted by Crippen LogP contribution is -2.40. The van der Waals surface area contributed by atoms with E-state index >= 15 is 0 Å². The Hall–Kier alpha value is -2.73. The van der Waals surface area contributed by atoms with E-state index in [0.717, 1.165) is 25.9 Å². The molecule has 5 N–H and O–H groups in total. The molecule has 152 valence electrons. The summed E-state index contributed by atoms with van der Waals surface area (Å²) >= 11 is 0. The number of hydrogen-bond acceptors (Lipinski definition) is 7. The Morgan fingerprint density at radius 3 is 2.79 bits per heavy atom. The van der Waals surface area contributed by atoms with Gasteiger partial charge in [-0.15, -0.1) is 0 Å². The van der Waals surface area contributed by atoms with Crippen LogP contribution in [0.4, 0.5) is 16.0 Å². The van der Waals surface area contributed by atoms with Crippen molar-refractivity contribution in [2.45, 2.75) is 30.9 Å². The Morgan fingerprint density at radius 2 is 2.10 bits per heavy atom. The molecule has 1 aromatic carbocycles. The second kappa shape index (κ2) is 7.95. The predicted molar refractivity (Wildman–Crippen MR) is 109 cm³/mol. The molecule has 1 aromatic heterocycles. The molecule has 3 heterocycles. The number of aliphatic hydroxyl groups is 1. The highest BCUT2D eigenvalue weighted by Crippen LogP contribution is 2.27. The zero-order chi connectivity index (χ0) is 20.4. The van der Waals surface area contributed by atoms with Crippen LogP contribution in [0, 0.1) is 17.7 Å². The first-order valence-electron chi connectivity index (χ1n) is 9.70. The number of benzene rings is 1. The molecule has 2 aliphatic heterocycles. The van der Waals surface area contributed by atoms with Crippen molar-refractivity contribution in [1.82, 2.24) is 9.97 Å². The number of aromatic nitrogens is 2. The number of ether oxygens (including phenoxy) is 1. The highest BCUT2D eigenvalue weighted by Gasteiger charge is 2.30. The van der Waals surface area contributed by atoms with Crippen LogP contribution in [0.3, 0.4) is 0 Å². The Morgan fingerprint density at radius 1 is 1.31 bits per heavy atom. The van der Waals surface area contributed by atoms with Gasteiger partial charge in [-0.05, 0) is 25.0 Å². The van der Waals surface area contributed by atoms with E-state index in [1.807, 2.05) is 0 Å². The van der Waals surface area contributed by atoms with Crippen LogP contribution in [-0.2, 0) is 4.74 Å². The largest absolute Gasteiger partial charge is 0.396 e. The van der Waals surface area contributed by atoms with Crippen molar-refractivity contribution in [3.63, 3.8) is 0 Å². The number of piperidine rings is 1. The Kier molecular flexibility index (Phi) is 5.37. The van der Waals surface area contributed by atoms with Crippen molar-refractivity contribution in [2.24, 2.45) is 5.73 Å². The second-order valence-electron chi connectivity index (χ2n) is 7.58. The van der Waals surface area contributed by atoms with E-state index in [0.29, 0.717) is 35.8 Å². The molecule has 4 rings (SSSR count). The summed E-state index contributed by atoms with van der Waals surface area (Å²) in [5, 5.41) is 10.4. The highest BCUT2D eigenvalue weighted by atomic mass is 19.1. The van der Waals surface area contributed by atoms with E-state index in [-0.39, 0.29) is 18.3 Å². The summed E-state index contributed by atoms with van der Waals surface area (Å²) in [6, 6.07) is 4.74. The van der Waals surface area contributed by atoms with Gasteiger partial charge in [0.2, 0.25) is 5.95 Å². The number of rotatable bonds is 2. The lowest BCUT2D eigenvalue weighted by molar-refractivity contribution is 0.0765. The summed E-state index contributed by atoms with van der Waals surface area (Å²) in [5.74, 6) is 5.87. The first-order chi connectivity index (χ1) is 13.9. The van der Waals surface area contributed by atoms with Crippen molar-refractivity contribution < 1.29 is 14.2 Å². The predicted octanol–water partition coefficient (Wildman–Crippen LogP) is 1.30. The first kappa shape index (κ1) is 19.6. The molecular formula is C21H24FN5O2. The minimum Gasteiger partial charge on any atom is -0.396 e. The van der Waals surface area contributed by atoms with Crippen molar-refractivity contribution in [2.75, 3.05) is 36.9 Å². The van der Waals surface area contributed by atoms with Gasteiger partial charge in [0, 0.05) is 37.3 Å². The van der Waals surface area contributed by atoms with Gasteiger partial charge in [-0.3, -0.25) is 0 Å². The van der Waals surface area contributed by atoms with Crippen LogP contribution in [0.1, 0.15) is 24.8 Å². The Labute approximate surface area is 168 Å². The van der Waals surface area contributed by atoms with Gasteiger partial charge in [0.25, 0.3) is 0 Å². The maximum absolute atomic E-state index is 14.1. The van der Waals surface area contributed by atoms with E-state index < -0.39 is 11.4 Å². The minimum absolute atomic E-state index is 0.0677. The molecule has 7 nitrogen and oxygen atoms in total. The molecular weight excluding hydrogens is 373 g/mol. The summed E-state index contributed by atoms with van der Waals surface area (Å²) in [7, 11) is 0. The van der Waals surface area contributed by atoms with Crippen LogP contribution >= 0.6 is 0 Å². The van der Waals surface area contributed by atoms with Gasteiger partial charge in [0.1, 0.15) is 5.82 Å². The monoisotopic (exact) mass is 397 g/mol. The number of anilines is 2. The number of nitrogen functional groups attached to an aromatic ring is 1. The lowest BCUT2D eigenvalue weighted by Gasteiger charge is -2.30. The van der Waals surface area contributed by atoms with E-state index in [1.165, 1.54) is 12.1 Å². The van der Waals surface area contributed by atoms with E-state index in [4.69, 9.17) is 16.2 Å². The molecule has 0 bridgehead atoms. The summed E-state index contributed by atoms with van der Waals surface area (Å²) in [6.07, 6.45) is 3.79. The SMILES string of the molecule is Nc1ccc(-c2nc(N3CCC(N)CC3)ncc2C#CC2(O)CCOC2)cc1F. The standard InChI is InChI=1S/C21H24FN5O2/c22-17-11-14(1-2-18(17)24)19-15(3-6-21(28)7-10-29-13-21)12-25-20(26-19)27-8-4-16(23)5-9-27/h1-2,11-12,16,28H,4-5,7-10,13,23-24H2. The van der Waals surface area contributed by atoms with Crippen LogP contribution in [0.25, 0.3) is 11.3 Å². The fourth-order valence-corrected chi connectivity index (χ4v) is 3.45. The van der Waals surface area contributed by atoms with Gasteiger partial charge in [-0.2, -0.15) is 0 Å². The molecule has 0 amide bonds. The number of hydrogen-bond donors (Lipinski definition) is 3. The molecule has 0 spiro atoms. The third-order valence-corrected chi connectivity index (χ3v) is 5.30. The molecule has 29 heavy (non-hydrogen) atoms. The zero-order valence-corrected chi connectivity index (χ0v) is 16.1. The minimum atomic E-state index is -1.19. The molecule has 2 fully saturated rings. The molecule has 1 atom stereocenters. The molecule has 2 aliphatic rings. The number of nitrogens with zero attached hydrogens (tertiary/aromatic N) is 3. The van der Waals surface area contributed by atoms with Crippen LogP contribution in [0.15, 0.2) is 24.4 Å². The van der Waals surface area contributed by atoms with E-state index in [9.17, 15) is 9.50 Å². The quantitative estimate of drug-likeness (QED) is 0.517. The van der Waals surface area contributed by atoms with Crippen molar-refractivity contribution in [3.8, 4) is 23.1 Å². The molecule has 1 unspecified atom stereocenters. The first-order valence-corrected chi connectivity index (χ1v) is 9.70. The number of nitrogens with two attached hydrogens (primary N) is 2. The molecule has 0 aliphatic carbocycles. The highest BCUT2D eigenvalue weighted by molar-refractivity contribution is 5.70. The molecule has 2 saturated heterocycles. The summed E-state index contributed by atoms with van der Waals surface area (Å²) < 4.78 is 19.3. The van der Waals surface area contributed by atoms with Crippen LogP contribution in [0.2, 0.25) is 0 Å². The van der Waals surface area contributed by atoms with E-state index in [1.54, 1.807) is 12.3 Å². The molecule has 0 radical (unpaired) electrons. The lowest BCUT2D eigenvalue weighted by atomic mass is 10.0. The van der Waals surface area contributed by atoms with Gasteiger partial charge in [0.15, 0.2) is 5.60 Å². The fourth-order valence-electron chi connectivity index (χ4n) is 3.45. The van der Waals surface area contributed by atoms with Gasteiger partial charge in [-0.25, -0.2) is 14.4 Å². The average molecular weight is 397 g/mol. The van der Waals surface area contributed by atoms with Gasteiger partial charge in [-0.1, -0.05) is 17.9 Å². The maximum Gasteiger partial charge on any atom is 0.225 e. The van der Waals surface area contributed by atoms with Crippen molar-refractivity contribution in [3.05, 3.63) is 35.8 Å². The summed E-state index contributed by atoms with van der Waals surface area (Å²) in [5.41, 5.74) is 12.0.